The van der Waals surface area contributed by atoms with E-state index < -0.39 is 0 Å². The van der Waals surface area contributed by atoms with Gasteiger partial charge in [-0.25, -0.2) is 9.67 Å². The van der Waals surface area contributed by atoms with Gasteiger partial charge in [0.2, 0.25) is 11.9 Å². The molecule has 0 radical (unpaired) electrons. The maximum Gasteiger partial charge on any atom is 0.262 e. The molecule has 1 aliphatic heterocycles. The van der Waals surface area contributed by atoms with Gasteiger partial charge in [-0.3, -0.25) is 19.1 Å². The fraction of sp³-hybridized carbons (Fsp3) is 0.357. The number of carbonyl (C=O) groups is 1. The molecule has 1 atom stereocenters. The molecule has 9 heteroatoms. The third kappa shape index (κ3) is 2.33. The summed E-state index contributed by atoms with van der Waals surface area (Å²) in [5, 5.41) is 6.49. The number of nitrogens with zero attached hydrogens (tertiary/aromatic N) is 6. The molecule has 8 nitrogen and oxygen atoms in total. The predicted octanol–water partition coefficient (Wildman–Crippen LogP) is 0.732. The van der Waals surface area contributed by atoms with Crippen LogP contribution in [0.15, 0.2) is 28.9 Å². The van der Waals surface area contributed by atoms with Gasteiger partial charge in [0, 0.05) is 13.1 Å². The molecular formula is C14H14N6O2S. The molecule has 118 valence electrons. The van der Waals surface area contributed by atoms with E-state index in [2.05, 4.69) is 22.0 Å². The van der Waals surface area contributed by atoms with Crippen molar-refractivity contribution in [3.8, 4) is 0 Å². The molecule has 0 saturated heterocycles. The number of hydrogen-bond donors (Lipinski definition) is 0. The van der Waals surface area contributed by atoms with Crippen molar-refractivity contribution in [2.45, 2.75) is 20.0 Å². The van der Waals surface area contributed by atoms with Crippen LogP contribution < -0.4 is 10.5 Å². The van der Waals surface area contributed by atoms with Crippen molar-refractivity contribution >= 4 is 33.4 Å². The lowest BCUT2D eigenvalue weighted by Gasteiger charge is -2.30. The summed E-state index contributed by atoms with van der Waals surface area (Å²) in [6, 6.07) is 1.73. The first-order chi connectivity index (χ1) is 11.1. The molecule has 4 rings (SSSR count). The van der Waals surface area contributed by atoms with Crippen LogP contribution in [0.2, 0.25) is 0 Å². The zero-order chi connectivity index (χ0) is 16.0. The lowest BCUT2D eigenvalue weighted by Crippen LogP contribution is -2.44. The fourth-order valence-electron chi connectivity index (χ4n) is 2.79. The Kier molecular flexibility index (Phi) is 3.22. The van der Waals surface area contributed by atoms with Crippen LogP contribution in [0.25, 0.3) is 10.2 Å². The lowest BCUT2D eigenvalue weighted by atomic mass is 10.1. The topological polar surface area (TPSA) is 85.9 Å². The minimum absolute atomic E-state index is 0.0583. The molecule has 0 N–H and O–H groups in total. The summed E-state index contributed by atoms with van der Waals surface area (Å²) in [5.41, 5.74) is -0.198. The van der Waals surface area contributed by atoms with Gasteiger partial charge in [0.25, 0.3) is 5.56 Å². The van der Waals surface area contributed by atoms with Crippen LogP contribution in [0.5, 0.6) is 0 Å². The Morgan fingerprint density at radius 2 is 2.26 bits per heavy atom. The number of thiophene rings is 1. The summed E-state index contributed by atoms with van der Waals surface area (Å²) < 4.78 is 3.06. The first kappa shape index (κ1) is 14.1. The molecule has 0 aliphatic carbocycles. The largest absolute Gasteiger partial charge is 0.289 e. The molecule has 23 heavy (non-hydrogen) atoms. The SMILES string of the molecule is CC1CN(C(=O)Cn2cnc3sccc3c2=O)c2ncnn2C1. The molecule has 0 aromatic carbocycles. The number of fused-ring (bicyclic) bond motifs is 2. The Labute approximate surface area is 135 Å². The maximum absolute atomic E-state index is 12.7. The molecular weight excluding hydrogens is 316 g/mol. The van der Waals surface area contributed by atoms with Gasteiger partial charge in [-0.1, -0.05) is 6.92 Å². The van der Waals surface area contributed by atoms with E-state index in [1.54, 1.807) is 15.6 Å². The molecule has 1 aliphatic rings. The van der Waals surface area contributed by atoms with Crippen LogP contribution >= 0.6 is 11.3 Å². The summed E-state index contributed by atoms with van der Waals surface area (Å²) in [6.07, 6.45) is 2.87. The van der Waals surface area contributed by atoms with E-state index in [0.717, 1.165) is 6.54 Å². The predicted molar refractivity (Wildman–Crippen MR) is 85.4 cm³/mol. The lowest BCUT2D eigenvalue weighted by molar-refractivity contribution is -0.119. The molecule has 1 unspecified atom stereocenters. The first-order valence-electron chi connectivity index (χ1n) is 7.24. The molecule has 0 fully saturated rings. The second-order valence-corrected chi connectivity index (χ2v) is 6.56. The van der Waals surface area contributed by atoms with E-state index in [0.29, 0.717) is 22.7 Å². The summed E-state index contributed by atoms with van der Waals surface area (Å²) >= 11 is 1.41. The first-order valence-corrected chi connectivity index (χ1v) is 8.12. The van der Waals surface area contributed by atoms with Crippen molar-refractivity contribution < 1.29 is 4.79 Å². The number of hydrogen-bond acceptors (Lipinski definition) is 6. The minimum Gasteiger partial charge on any atom is -0.289 e. The van der Waals surface area contributed by atoms with Crippen molar-refractivity contribution in [1.82, 2.24) is 24.3 Å². The molecule has 3 aromatic heterocycles. The van der Waals surface area contributed by atoms with Crippen molar-refractivity contribution in [3.05, 3.63) is 34.5 Å². The van der Waals surface area contributed by atoms with Gasteiger partial charge >= 0.3 is 0 Å². The van der Waals surface area contributed by atoms with Crippen molar-refractivity contribution in [2.24, 2.45) is 5.92 Å². The Bertz CT molecular complexity index is 942. The molecule has 0 spiro atoms. The number of aromatic nitrogens is 5. The Hall–Kier alpha value is -2.55. The fourth-order valence-corrected chi connectivity index (χ4v) is 3.52. The number of rotatable bonds is 2. The normalized spacial score (nSPS) is 17.4. The van der Waals surface area contributed by atoms with E-state index >= 15 is 0 Å². The highest BCUT2D eigenvalue weighted by Gasteiger charge is 2.28. The summed E-state index contributed by atoms with van der Waals surface area (Å²) in [7, 11) is 0. The van der Waals surface area contributed by atoms with Crippen molar-refractivity contribution in [3.63, 3.8) is 0 Å². The van der Waals surface area contributed by atoms with Crippen LogP contribution in [0.3, 0.4) is 0 Å². The van der Waals surface area contributed by atoms with E-state index in [4.69, 9.17) is 0 Å². The molecule has 1 amide bonds. The van der Waals surface area contributed by atoms with Crippen LogP contribution in [0.1, 0.15) is 6.92 Å². The average Bonchev–Trinajstić information content (AvgIpc) is 3.17. The highest BCUT2D eigenvalue weighted by molar-refractivity contribution is 7.16. The van der Waals surface area contributed by atoms with Gasteiger partial charge in [-0.2, -0.15) is 10.1 Å². The molecule has 3 aromatic rings. The summed E-state index contributed by atoms with van der Waals surface area (Å²) in [4.78, 5) is 35.7. The summed E-state index contributed by atoms with van der Waals surface area (Å²) in [6.45, 7) is 3.30. The van der Waals surface area contributed by atoms with Gasteiger partial charge < -0.3 is 0 Å². The molecule has 0 bridgehead atoms. The van der Waals surface area contributed by atoms with E-state index in [9.17, 15) is 9.59 Å². The quantitative estimate of drug-likeness (QED) is 0.691. The van der Waals surface area contributed by atoms with Gasteiger partial charge in [0.15, 0.2) is 0 Å². The van der Waals surface area contributed by atoms with Crippen molar-refractivity contribution in [1.29, 1.82) is 0 Å². The van der Waals surface area contributed by atoms with Crippen molar-refractivity contribution in [2.75, 3.05) is 11.4 Å². The third-order valence-corrected chi connectivity index (χ3v) is 4.69. The second kappa shape index (κ2) is 5.27. The van der Waals surface area contributed by atoms with E-state index in [1.807, 2.05) is 5.38 Å². The average molecular weight is 330 g/mol. The Balaban J connectivity index is 1.65. The van der Waals surface area contributed by atoms with Crippen LogP contribution in [0.4, 0.5) is 5.95 Å². The maximum atomic E-state index is 12.7. The van der Waals surface area contributed by atoms with Gasteiger partial charge in [-0.05, 0) is 17.4 Å². The smallest absolute Gasteiger partial charge is 0.262 e. The highest BCUT2D eigenvalue weighted by Crippen LogP contribution is 2.20. The van der Waals surface area contributed by atoms with E-state index in [-0.39, 0.29) is 23.9 Å². The molecule has 4 heterocycles. The Morgan fingerprint density at radius 1 is 1.39 bits per heavy atom. The third-order valence-electron chi connectivity index (χ3n) is 3.87. The van der Waals surface area contributed by atoms with Crippen LogP contribution in [0, 0.1) is 5.92 Å². The minimum atomic E-state index is -0.198. The Morgan fingerprint density at radius 3 is 3.13 bits per heavy atom. The zero-order valence-corrected chi connectivity index (χ0v) is 13.2. The van der Waals surface area contributed by atoms with Gasteiger partial charge in [-0.15, -0.1) is 11.3 Å². The highest BCUT2D eigenvalue weighted by atomic mass is 32.1. The summed E-state index contributed by atoms with van der Waals surface area (Å²) in [5.74, 6) is 0.623. The van der Waals surface area contributed by atoms with Crippen LogP contribution in [-0.4, -0.2) is 36.8 Å². The second-order valence-electron chi connectivity index (χ2n) is 5.67. The van der Waals surface area contributed by atoms with Crippen LogP contribution in [-0.2, 0) is 17.9 Å². The zero-order valence-electron chi connectivity index (χ0n) is 12.4. The van der Waals surface area contributed by atoms with E-state index in [1.165, 1.54) is 28.6 Å². The number of carbonyl (C=O) groups excluding carboxylic acids is 1. The monoisotopic (exact) mass is 330 g/mol. The number of anilines is 1. The number of amides is 1. The molecule has 0 saturated carbocycles. The van der Waals surface area contributed by atoms with Gasteiger partial charge in [0.05, 0.1) is 11.7 Å². The standard InChI is InChI=1S/C14H14N6O2S/c1-9-4-19(14-15-7-17-20(14)5-9)11(21)6-18-8-16-12-10(13(18)22)2-3-23-12/h2-3,7-9H,4-6H2,1H3. The van der Waals surface area contributed by atoms with Gasteiger partial charge in [0.1, 0.15) is 17.7 Å².